The van der Waals surface area contributed by atoms with Crippen molar-refractivity contribution in [1.82, 2.24) is 9.55 Å². The van der Waals surface area contributed by atoms with Crippen molar-refractivity contribution in [1.29, 1.82) is 0 Å². The Kier molecular flexibility index (Phi) is 3.96. The summed E-state index contributed by atoms with van der Waals surface area (Å²) in [7, 11) is 0. The third-order valence-corrected chi connectivity index (χ3v) is 5.27. The molecule has 2 heterocycles. The van der Waals surface area contributed by atoms with E-state index in [4.69, 9.17) is 0 Å². The number of fused-ring (bicyclic) bond motifs is 2. The van der Waals surface area contributed by atoms with Crippen molar-refractivity contribution in [2.24, 2.45) is 0 Å². The van der Waals surface area contributed by atoms with Gasteiger partial charge in [-0.05, 0) is 47.9 Å². The lowest BCUT2D eigenvalue weighted by atomic mass is 9.96. The number of hydrogen-bond donors (Lipinski definition) is 1. The predicted octanol–water partition coefficient (Wildman–Crippen LogP) is 5.78. The summed E-state index contributed by atoms with van der Waals surface area (Å²) in [6.45, 7) is 2.00. The Balaban J connectivity index is 1.73. The highest BCUT2D eigenvalue weighted by atomic mass is 16.3. The molecule has 0 unspecified atom stereocenters. The van der Waals surface area contributed by atoms with Gasteiger partial charge < -0.3 is 9.67 Å². The molecule has 0 aliphatic carbocycles. The summed E-state index contributed by atoms with van der Waals surface area (Å²) in [6, 6.07) is 27.2. The second kappa shape index (κ2) is 6.63. The molecule has 0 saturated carbocycles. The lowest BCUT2D eigenvalue weighted by molar-refractivity contribution is 0.215. The Morgan fingerprint density at radius 3 is 2.32 bits per heavy atom. The number of rotatable bonds is 3. The second-order valence-corrected chi connectivity index (χ2v) is 7.08. The minimum Gasteiger partial charge on any atom is -0.376 e. The molecule has 0 saturated heterocycles. The molecule has 1 N–H and O–H groups in total. The average molecular weight is 364 g/mol. The number of pyridine rings is 1. The van der Waals surface area contributed by atoms with Crippen LogP contribution in [-0.2, 0) is 6.73 Å². The highest BCUT2D eigenvalue weighted by Gasteiger charge is 2.12. The molecule has 28 heavy (non-hydrogen) atoms. The normalized spacial score (nSPS) is 11.4. The van der Waals surface area contributed by atoms with Crippen molar-refractivity contribution in [2.45, 2.75) is 13.7 Å². The van der Waals surface area contributed by atoms with Gasteiger partial charge >= 0.3 is 0 Å². The van der Waals surface area contributed by atoms with Crippen molar-refractivity contribution in [3.8, 4) is 22.3 Å². The lowest BCUT2D eigenvalue weighted by Gasteiger charge is -2.10. The van der Waals surface area contributed by atoms with Gasteiger partial charge in [0.1, 0.15) is 6.73 Å². The molecule has 2 aromatic heterocycles. The molecule has 0 atom stereocenters. The Labute approximate surface area is 163 Å². The molecule has 0 amide bonds. The van der Waals surface area contributed by atoms with Crippen LogP contribution < -0.4 is 0 Å². The first-order chi connectivity index (χ1) is 13.7. The highest BCUT2D eigenvalue weighted by Crippen LogP contribution is 2.35. The third-order valence-electron chi connectivity index (χ3n) is 5.27. The summed E-state index contributed by atoms with van der Waals surface area (Å²) >= 11 is 0. The molecule has 3 aromatic carbocycles. The molecule has 0 aliphatic heterocycles. The zero-order valence-corrected chi connectivity index (χ0v) is 15.6. The summed E-state index contributed by atoms with van der Waals surface area (Å²) in [5, 5.41) is 12.0. The van der Waals surface area contributed by atoms with Gasteiger partial charge in [0.05, 0.1) is 11.0 Å². The minimum absolute atomic E-state index is 0.0333. The van der Waals surface area contributed by atoms with Crippen LogP contribution in [0.15, 0.2) is 85.1 Å². The highest BCUT2D eigenvalue weighted by molar-refractivity contribution is 5.99. The number of aromatic nitrogens is 2. The first kappa shape index (κ1) is 16.7. The minimum atomic E-state index is -0.0333. The van der Waals surface area contributed by atoms with Gasteiger partial charge in [0.15, 0.2) is 0 Å². The van der Waals surface area contributed by atoms with Crippen LogP contribution in [0.1, 0.15) is 5.69 Å². The summed E-state index contributed by atoms with van der Waals surface area (Å²) in [4.78, 5) is 4.67. The van der Waals surface area contributed by atoms with Crippen LogP contribution in [0.2, 0.25) is 0 Å². The van der Waals surface area contributed by atoms with Crippen LogP contribution in [-0.4, -0.2) is 14.7 Å². The first-order valence-corrected chi connectivity index (χ1v) is 9.40. The third kappa shape index (κ3) is 2.68. The van der Waals surface area contributed by atoms with Crippen LogP contribution in [0.4, 0.5) is 0 Å². The van der Waals surface area contributed by atoms with Gasteiger partial charge in [0.25, 0.3) is 0 Å². The molecule has 3 heteroatoms. The van der Waals surface area contributed by atoms with E-state index >= 15 is 0 Å². The molecular formula is C25H20N2O. The van der Waals surface area contributed by atoms with E-state index in [0.717, 1.165) is 38.6 Å². The molecule has 3 nitrogen and oxygen atoms in total. The molecule has 5 aromatic rings. The van der Waals surface area contributed by atoms with Gasteiger partial charge in [-0.2, -0.15) is 0 Å². The number of aliphatic hydroxyl groups is 1. The van der Waals surface area contributed by atoms with E-state index in [9.17, 15) is 5.11 Å². The topological polar surface area (TPSA) is 38.0 Å². The number of aryl methyl sites for hydroxylation is 1. The maximum atomic E-state index is 9.73. The van der Waals surface area contributed by atoms with Gasteiger partial charge in [-0.25, -0.2) is 0 Å². The zero-order chi connectivity index (χ0) is 19.1. The zero-order valence-electron chi connectivity index (χ0n) is 15.6. The lowest BCUT2D eigenvalue weighted by Crippen LogP contribution is -1.92. The van der Waals surface area contributed by atoms with Gasteiger partial charge in [0, 0.05) is 28.2 Å². The molecule has 0 fully saturated rings. The van der Waals surface area contributed by atoms with Crippen LogP contribution in [0.3, 0.4) is 0 Å². The summed E-state index contributed by atoms with van der Waals surface area (Å²) < 4.78 is 1.88. The molecular weight excluding hydrogens is 344 g/mol. The van der Waals surface area contributed by atoms with Crippen LogP contribution in [0.5, 0.6) is 0 Å². The molecule has 0 radical (unpaired) electrons. The summed E-state index contributed by atoms with van der Waals surface area (Å²) in [6.07, 6.45) is 2.03. The monoisotopic (exact) mass is 364 g/mol. The van der Waals surface area contributed by atoms with E-state index < -0.39 is 0 Å². The SMILES string of the molecule is Cc1cc(-c2cccc(-c3cn(CO)c4ccccc34)c2)c2ccccc2n1. The Bertz CT molecular complexity index is 1320. The van der Waals surface area contributed by atoms with E-state index in [2.05, 4.69) is 59.6 Å². The molecule has 0 aliphatic rings. The fraction of sp³-hybridized carbons (Fsp3) is 0.0800. The van der Waals surface area contributed by atoms with E-state index in [1.54, 1.807) is 0 Å². The standard InChI is InChI=1S/C25H20N2O/c1-17-13-22(20-9-2-4-11-24(20)26-17)18-7-6-8-19(14-18)23-15-27(16-28)25-12-5-3-10-21(23)25/h2-15,28H,16H2,1H3. The second-order valence-electron chi connectivity index (χ2n) is 7.08. The summed E-state index contributed by atoms with van der Waals surface area (Å²) in [5.41, 5.74) is 7.68. The van der Waals surface area contributed by atoms with Gasteiger partial charge in [-0.15, -0.1) is 0 Å². The molecule has 5 rings (SSSR count). The first-order valence-electron chi connectivity index (χ1n) is 9.40. The maximum absolute atomic E-state index is 9.73. The van der Waals surface area contributed by atoms with E-state index in [0.29, 0.717) is 0 Å². The molecule has 136 valence electrons. The molecule has 0 bridgehead atoms. The van der Waals surface area contributed by atoms with Gasteiger partial charge in [-0.3, -0.25) is 4.98 Å². The van der Waals surface area contributed by atoms with E-state index in [-0.39, 0.29) is 6.73 Å². The Hall–Kier alpha value is -3.43. The van der Waals surface area contributed by atoms with E-state index in [1.165, 1.54) is 11.1 Å². The number of aliphatic hydroxyl groups excluding tert-OH is 1. The maximum Gasteiger partial charge on any atom is 0.119 e. The van der Waals surface area contributed by atoms with Crippen molar-refractivity contribution in [3.63, 3.8) is 0 Å². The quantitative estimate of drug-likeness (QED) is 0.440. The number of para-hydroxylation sites is 2. The van der Waals surface area contributed by atoms with Crippen LogP contribution in [0, 0.1) is 6.92 Å². The fourth-order valence-electron chi connectivity index (χ4n) is 3.99. The van der Waals surface area contributed by atoms with Crippen molar-refractivity contribution >= 4 is 21.8 Å². The number of hydrogen-bond acceptors (Lipinski definition) is 2. The van der Waals surface area contributed by atoms with Crippen LogP contribution in [0.25, 0.3) is 44.1 Å². The van der Waals surface area contributed by atoms with E-state index in [1.807, 2.05) is 42.0 Å². The van der Waals surface area contributed by atoms with Crippen molar-refractivity contribution < 1.29 is 5.11 Å². The summed E-state index contributed by atoms with van der Waals surface area (Å²) in [5.74, 6) is 0. The largest absolute Gasteiger partial charge is 0.376 e. The van der Waals surface area contributed by atoms with Gasteiger partial charge in [0.2, 0.25) is 0 Å². The number of benzene rings is 3. The molecule has 0 spiro atoms. The Morgan fingerprint density at radius 2 is 1.50 bits per heavy atom. The van der Waals surface area contributed by atoms with Crippen LogP contribution >= 0.6 is 0 Å². The van der Waals surface area contributed by atoms with Crippen molar-refractivity contribution in [3.05, 3.63) is 90.8 Å². The number of nitrogens with zero attached hydrogens (tertiary/aromatic N) is 2. The van der Waals surface area contributed by atoms with Crippen molar-refractivity contribution in [2.75, 3.05) is 0 Å². The smallest absolute Gasteiger partial charge is 0.119 e. The Morgan fingerprint density at radius 1 is 0.786 bits per heavy atom. The average Bonchev–Trinajstić information content (AvgIpc) is 3.12. The fourth-order valence-corrected chi connectivity index (χ4v) is 3.99. The predicted molar refractivity (Wildman–Crippen MR) is 115 cm³/mol. The van der Waals surface area contributed by atoms with Gasteiger partial charge in [-0.1, -0.05) is 54.6 Å².